The molecule has 2 saturated carbocycles. The average molecular weight is 564 g/mol. The fraction of sp³-hybridized carbons (Fsp3) is 0.548. The van der Waals surface area contributed by atoms with Crippen LogP contribution in [0.4, 0.5) is 0 Å². The van der Waals surface area contributed by atoms with Crippen LogP contribution >= 0.6 is 0 Å². The topological polar surface area (TPSA) is 98.4 Å². The number of nitrogens with zero attached hydrogens (tertiary/aromatic N) is 3. The van der Waals surface area contributed by atoms with Crippen molar-refractivity contribution in [2.24, 2.45) is 11.8 Å². The number of sulfonamides is 1. The molecule has 0 bridgehead atoms. The molecule has 8 nitrogen and oxygen atoms in total. The summed E-state index contributed by atoms with van der Waals surface area (Å²) < 4.78 is 29.4. The Kier molecular flexibility index (Phi) is 8.23. The molecule has 2 N–H and O–H groups in total. The summed E-state index contributed by atoms with van der Waals surface area (Å²) in [5.41, 5.74) is 2.37. The number of nitrogens with one attached hydrogen (secondary N) is 2. The summed E-state index contributed by atoms with van der Waals surface area (Å²) in [5, 5.41) is 0. The zero-order valence-electron chi connectivity index (χ0n) is 23.2. The van der Waals surface area contributed by atoms with Crippen LogP contribution in [-0.2, 0) is 14.8 Å². The van der Waals surface area contributed by atoms with E-state index in [4.69, 9.17) is 0 Å². The van der Waals surface area contributed by atoms with Gasteiger partial charge in [0.05, 0.1) is 15.9 Å². The van der Waals surface area contributed by atoms with Gasteiger partial charge in [0.15, 0.2) is 0 Å². The van der Waals surface area contributed by atoms with E-state index in [1.165, 1.54) is 38.6 Å². The van der Waals surface area contributed by atoms with E-state index in [-0.39, 0.29) is 22.8 Å². The first-order valence-corrected chi connectivity index (χ1v) is 16.5. The van der Waals surface area contributed by atoms with Gasteiger partial charge in [-0.1, -0.05) is 49.6 Å². The lowest BCUT2D eigenvalue weighted by Crippen LogP contribution is -2.52. The summed E-state index contributed by atoms with van der Waals surface area (Å²) in [4.78, 5) is 26.0. The fourth-order valence-electron chi connectivity index (χ4n) is 6.78. The zero-order valence-corrected chi connectivity index (χ0v) is 24.0. The first-order valence-electron chi connectivity index (χ1n) is 15.0. The molecule has 3 aromatic rings. The minimum absolute atomic E-state index is 0.00228. The summed E-state index contributed by atoms with van der Waals surface area (Å²) in [6.07, 6.45) is 9.67. The fourth-order valence-corrected chi connectivity index (χ4v) is 8.10. The SMILES string of the molecule is O=C([C@H]1CC[C@H](NS(=O)(=O)c2ccc3[nH]c(-c4ccccc4)nc3c2)CC1)N1CCN(CC2CCCCC2)CC1. The summed E-state index contributed by atoms with van der Waals surface area (Å²) in [6.45, 7) is 4.78. The second kappa shape index (κ2) is 12.0. The van der Waals surface area contributed by atoms with Crippen molar-refractivity contribution in [2.45, 2.75) is 68.7 Å². The van der Waals surface area contributed by atoms with E-state index in [9.17, 15) is 13.2 Å². The molecule has 3 aliphatic rings. The summed E-state index contributed by atoms with van der Waals surface area (Å²) in [6, 6.07) is 14.7. The molecule has 1 aromatic heterocycles. The van der Waals surface area contributed by atoms with Gasteiger partial charge in [0.2, 0.25) is 15.9 Å². The number of amides is 1. The lowest BCUT2D eigenvalue weighted by atomic mass is 9.85. The minimum Gasteiger partial charge on any atom is -0.340 e. The number of rotatable bonds is 7. The minimum atomic E-state index is -3.69. The van der Waals surface area contributed by atoms with Crippen molar-refractivity contribution in [2.75, 3.05) is 32.7 Å². The number of imidazole rings is 1. The second-order valence-electron chi connectivity index (χ2n) is 11.9. The first kappa shape index (κ1) is 27.4. The average Bonchev–Trinajstić information content (AvgIpc) is 3.42. The second-order valence-corrected chi connectivity index (χ2v) is 13.6. The standard InChI is InChI=1S/C31H41N5O3S/c37-31(36-19-17-35(18-20-36)22-23-7-3-1-4-8-23)25-11-13-26(14-12-25)34-40(38,39)27-15-16-28-29(21-27)33-30(32-28)24-9-5-2-6-10-24/h2,5-6,9-10,15-16,21,23,25-26,34H,1,3-4,7-8,11-14,17-20,22H2,(H,32,33)/t25-,26-. The lowest BCUT2D eigenvalue weighted by Gasteiger charge is -2.39. The van der Waals surface area contributed by atoms with Crippen LogP contribution in [-0.4, -0.2) is 72.9 Å². The predicted octanol–water partition coefficient (Wildman–Crippen LogP) is 4.79. The molecule has 9 heteroatoms. The lowest BCUT2D eigenvalue weighted by molar-refractivity contribution is -0.138. The maximum atomic E-state index is 13.3. The van der Waals surface area contributed by atoms with E-state index in [0.717, 1.165) is 56.0 Å². The van der Waals surface area contributed by atoms with E-state index in [2.05, 4.69) is 24.5 Å². The van der Waals surface area contributed by atoms with Crippen LogP contribution in [0.1, 0.15) is 57.8 Å². The van der Waals surface area contributed by atoms with Crippen LogP contribution in [0, 0.1) is 11.8 Å². The smallest absolute Gasteiger partial charge is 0.240 e. The van der Waals surface area contributed by atoms with Gasteiger partial charge < -0.3 is 9.88 Å². The van der Waals surface area contributed by atoms with Gasteiger partial charge in [0, 0.05) is 50.2 Å². The van der Waals surface area contributed by atoms with Crippen molar-refractivity contribution >= 4 is 27.0 Å². The molecule has 2 aromatic carbocycles. The van der Waals surface area contributed by atoms with E-state index in [0.29, 0.717) is 24.2 Å². The number of carbonyl (C=O) groups excluding carboxylic acids is 1. The molecule has 0 spiro atoms. The number of benzene rings is 2. The van der Waals surface area contributed by atoms with Crippen LogP contribution in [0.25, 0.3) is 22.4 Å². The highest BCUT2D eigenvalue weighted by Crippen LogP contribution is 2.29. The maximum Gasteiger partial charge on any atom is 0.240 e. The molecular weight excluding hydrogens is 522 g/mol. The van der Waals surface area contributed by atoms with Gasteiger partial charge in [-0.15, -0.1) is 0 Å². The molecule has 40 heavy (non-hydrogen) atoms. The summed E-state index contributed by atoms with van der Waals surface area (Å²) in [7, 11) is -3.69. The molecular formula is C31H41N5O3S. The normalized spacial score (nSPS) is 23.4. The predicted molar refractivity (Wildman–Crippen MR) is 157 cm³/mol. The largest absolute Gasteiger partial charge is 0.340 e. The summed E-state index contributed by atoms with van der Waals surface area (Å²) >= 11 is 0. The number of hydrogen-bond donors (Lipinski definition) is 2. The Morgan fingerprint density at radius 2 is 1.62 bits per heavy atom. The third kappa shape index (κ3) is 6.26. The molecule has 6 rings (SSSR count). The van der Waals surface area contributed by atoms with Gasteiger partial charge in [-0.2, -0.15) is 0 Å². The van der Waals surface area contributed by atoms with Gasteiger partial charge in [-0.3, -0.25) is 9.69 Å². The molecule has 1 aliphatic heterocycles. The van der Waals surface area contributed by atoms with E-state index < -0.39 is 10.0 Å². The quantitative estimate of drug-likeness (QED) is 0.431. The van der Waals surface area contributed by atoms with Crippen LogP contribution < -0.4 is 4.72 Å². The van der Waals surface area contributed by atoms with Crippen LogP contribution in [0.5, 0.6) is 0 Å². The number of hydrogen-bond acceptors (Lipinski definition) is 5. The molecule has 214 valence electrons. The third-order valence-electron chi connectivity index (χ3n) is 9.14. The van der Waals surface area contributed by atoms with E-state index in [1.807, 2.05) is 30.3 Å². The van der Waals surface area contributed by atoms with Crippen molar-refractivity contribution in [3.05, 3.63) is 48.5 Å². The van der Waals surface area contributed by atoms with Gasteiger partial charge in [0.1, 0.15) is 5.82 Å². The van der Waals surface area contributed by atoms with Gasteiger partial charge in [-0.05, 0) is 62.6 Å². The number of aromatic amines is 1. The van der Waals surface area contributed by atoms with E-state index >= 15 is 0 Å². The number of carbonyl (C=O) groups is 1. The number of piperazine rings is 1. The Bertz CT molecular complexity index is 1400. The number of aromatic nitrogens is 2. The number of H-pyrrole nitrogens is 1. The molecule has 2 aliphatic carbocycles. The van der Waals surface area contributed by atoms with Crippen molar-refractivity contribution in [1.29, 1.82) is 0 Å². The Labute approximate surface area is 237 Å². The Hall–Kier alpha value is -2.75. The van der Waals surface area contributed by atoms with Crippen molar-refractivity contribution < 1.29 is 13.2 Å². The molecule has 1 saturated heterocycles. The first-order chi connectivity index (χ1) is 19.4. The van der Waals surface area contributed by atoms with Crippen LogP contribution in [0.3, 0.4) is 0 Å². The molecule has 1 amide bonds. The Morgan fingerprint density at radius 3 is 2.35 bits per heavy atom. The van der Waals surface area contributed by atoms with Gasteiger partial charge >= 0.3 is 0 Å². The number of fused-ring (bicyclic) bond motifs is 1. The molecule has 2 heterocycles. The van der Waals surface area contributed by atoms with Crippen molar-refractivity contribution in [1.82, 2.24) is 24.5 Å². The monoisotopic (exact) mass is 563 g/mol. The third-order valence-corrected chi connectivity index (χ3v) is 10.7. The molecule has 0 atom stereocenters. The Balaban J connectivity index is 0.998. The molecule has 0 unspecified atom stereocenters. The highest BCUT2D eigenvalue weighted by atomic mass is 32.2. The van der Waals surface area contributed by atoms with Gasteiger partial charge in [0.25, 0.3) is 0 Å². The van der Waals surface area contributed by atoms with Gasteiger partial charge in [-0.25, -0.2) is 18.1 Å². The highest BCUT2D eigenvalue weighted by Gasteiger charge is 2.33. The van der Waals surface area contributed by atoms with Crippen molar-refractivity contribution in [3.8, 4) is 11.4 Å². The van der Waals surface area contributed by atoms with Crippen molar-refractivity contribution in [3.63, 3.8) is 0 Å². The van der Waals surface area contributed by atoms with Crippen LogP contribution in [0.2, 0.25) is 0 Å². The summed E-state index contributed by atoms with van der Waals surface area (Å²) in [5.74, 6) is 1.81. The Morgan fingerprint density at radius 1 is 0.900 bits per heavy atom. The zero-order chi connectivity index (χ0) is 27.5. The molecule has 3 fully saturated rings. The van der Waals surface area contributed by atoms with Crippen LogP contribution in [0.15, 0.2) is 53.4 Å². The highest BCUT2D eigenvalue weighted by molar-refractivity contribution is 7.89. The maximum absolute atomic E-state index is 13.3. The molecule has 0 radical (unpaired) electrons. The van der Waals surface area contributed by atoms with E-state index in [1.54, 1.807) is 18.2 Å².